The summed E-state index contributed by atoms with van der Waals surface area (Å²) in [5, 5.41) is -1.25. The minimum Gasteiger partial charge on any atom is -0.282 e. The van der Waals surface area contributed by atoms with E-state index >= 15 is 0 Å². The highest BCUT2D eigenvalue weighted by atomic mass is 35.5. The molecule has 0 radical (unpaired) electrons. The summed E-state index contributed by atoms with van der Waals surface area (Å²) < 4.78 is 30.5. The molecule has 0 aliphatic heterocycles. The number of carbonyl (C=O) groups excluding carboxylic acids is 1. The van der Waals surface area contributed by atoms with Gasteiger partial charge in [0.1, 0.15) is 4.90 Å². The van der Waals surface area contributed by atoms with E-state index in [1.165, 1.54) is 12.1 Å². The van der Waals surface area contributed by atoms with Crippen LogP contribution >= 0.6 is 23.2 Å². The van der Waals surface area contributed by atoms with Gasteiger partial charge in [-0.05, 0) is 23.7 Å². The highest BCUT2D eigenvalue weighted by molar-refractivity contribution is 7.86. The summed E-state index contributed by atoms with van der Waals surface area (Å²) in [6, 6.07) is 3.74. The molecule has 0 aliphatic rings. The molecule has 1 N–H and O–H groups in total. The van der Waals surface area contributed by atoms with E-state index in [0.717, 1.165) is 6.07 Å². The van der Waals surface area contributed by atoms with Crippen LogP contribution in [-0.4, -0.2) is 18.2 Å². The smallest absolute Gasteiger partial charge is 0.282 e. The van der Waals surface area contributed by atoms with Gasteiger partial charge in [0.25, 0.3) is 15.4 Å². The Morgan fingerprint density at radius 2 is 1.93 bits per heavy atom. The molecule has 0 unspecified atom stereocenters. The highest BCUT2D eigenvalue weighted by Crippen LogP contribution is 2.25. The lowest BCUT2D eigenvalue weighted by molar-refractivity contribution is 0.107. The molecule has 0 heterocycles. The van der Waals surface area contributed by atoms with Gasteiger partial charge in [-0.2, -0.15) is 8.42 Å². The quantitative estimate of drug-likeness (QED) is 0.647. The molecular formula is C7H4Cl2O4S. The van der Waals surface area contributed by atoms with Crippen molar-refractivity contribution in [3.8, 4) is 0 Å². The first-order valence-corrected chi connectivity index (χ1v) is 5.49. The van der Waals surface area contributed by atoms with Gasteiger partial charge in [-0.15, -0.1) is 0 Å². The van der Waals surface area contributed by atoms with Gasteiger partial charge in [0.05, 0.1) is 10.6 Å². The molecule has 76 valence electrons. The summed E-state index contributed by atoms with van der Waals surface area (Å²) in [6.07, 6.45) is 0. The maximum Gasteiger partial charge on any atom is 0.296 e. The molecule has 0 fully saturated rings. The van der Waals surface area contributed by atoms with Crippen molar-refractivity contribution in [2.45, 2.75) is 4.90 Å². The zero-order chi connectivity index (χ0) is 10.9. The van der Waals surface area contributed by atoms with Crippen molar-refractivity contribution in [3.63, 3.8) is 0 Å². The maximum absolute atomic E-state index is 10.8. The van der Waals surface area contributed by atoms with E-state index in [-0.39, 0.29) is 10.6 Å². The van der Waals surface area contributed by atoms with Crippen LogP contribution in [0, 0.1) is 0 Å². The third-order valence-corrected chi connectivity index (χ3v) is 3.02. The van der Waals surface area contributed by atoms with Crippen molar-refractivity contribution in [2.24, 2.45) is 0 Å². The SMILES string of the molecule is O=C(Cl)c1cccc(Cl)c1S(=O)(=O)O. The number of hydrogen-bond donors (Lipinski definition) is 1. The molecular weight excluding hydrogens is 251 g/mol. The molecule has 0 aromatic heterocycles. The number of benzene rings is 1. The number of halogens is 2. The maximum atomic E-state index is 10.8. The van der Waals surface area contributed by atoms with Gasteiger partial charge in [0.2, 0.25) is 0 Å². The van der Waals surface area contributed by atoms with Crippen LogP contribution in [0.5, 0.6) is 0 Å². The van der Waals surface area contributed by atoms with E-state index in [2.05, 4.69) is 0 Å². The average Bonchev–Trinajstić information content (AvgIpc) is 2.01. The molecule has 1 aromatic carbocycles. The van der Waals surface area contributed by atoms with Crippen LogP contribution in [0.1, 0.15) is 10.4 Å². The van der Waals surface area contributed by atoms with Crippen molar-refractivity contribution in [1.82, 2.24) is 0 Å². The molecule has 1 rings (SSSR count). The van der Waals surface area contributed by atoms with Gasteiger partial charge < -0.3 is 0 Å². The van der Waals surface area contributed by atoms with Gasteiger partial charge in [-0.3, -0.25) is 9.35 Å². The van der Waals surface area contributed by atoms with Crippen molar-refractivity contribution < 1.29 is 17.8 Å². The molecule has 0 aliphatic carbocycles. The highest BCUT2D eigenvalue weighted by Gasteiger charge is 2.22. The predicted molar refractivity (Wildman–Crippen MR) is 51.5 cm³/mol. The van der Waals surface area contributed by atoms with Crippen LogP contribution < -0.4 is 0 Å². The first-order chi connectivity index (χ1) is 6.34. The minimum atomic E-state index is -4.55. The molecule has 0 spiro atoms. The number of carbonyl (C=O) groups is 1. The standard InChI is InChI=1S/C7H4Cl2O4S/c8-5-3-1-2-4(7(9)10)6(5)14(11,12)13/h1-3H,(H,11,12,13). The Bertz CT molecular complexity index is 480. The number of hydrogen-bond acceptors (Lipinski definition) is 3. The van der Waals surface area contributed by atoms with E-state index in [9.17, 15) is 13.2 Å². The molecule has 1 aromatic rings. The summed E-state index contributed by atoms with van der Waals surface area (Å²) in [5.41, 5.74) is -0.346. The first-order valence-electron chi connectivity index (χ1n) is 3.30. The summed E-state index contributed by atoms with van der Waals surface area (Å²) >= 11 is 10.6. The van der Waals surface area contributed by atoms with E-state index in [0.29, 0.717) is 0 Å². The van der Waals surface area contributed by atoms with E-state index in [1.807, 2.05) is 0 Å². The molecule has 0 bridgehead atoms. The molecule has 0 atom stereocenters. The van der Waals surface area contributed by atoms with Gasteiger partial charge in [0.15, 0.2) is 0 Å². The second-order valence-electron chi connectivity index (χ2n) is 2.37. The van der Waals surface area contributed by atoms with Crippen molar-refractivity contribution in [1.29, 1.82) is 0 Å². The lowest BCUT2D eigenvalue weighted by Gasteiger charge is -2.03. The Hall–Kier alpha value is -0.620. The van der Waals surface area contributed by atoms with Gasteiger partial charge in [0, 0.05) is 0 Å². The number of rotatable bonds is 2. The average molecular weight is 255 g/mol. The fourth-order valence-corrected chi connectivity index (χ4v) is 2.36. The second-order valence-corrected chi connectivity index (χ2v) is 4.47. The Balaban J connectivity index is 3.62. The molecule has 7 heteroatoms. The Kier molecular flexibility index (Phi) is 3.16. The van der Waals surface area contributed by atoms with Crippen LogP contribution in [0.15, 0.2) is 23.1 Å². The first kappa shape index (κ1) is 11.5. The summed E-state index contributed by atoms with van der Waals surface area (Å²) in [4.78, 5) is 10.1. The van der Waals surface area contributed by atoms with Crippen molar-refractivity contribution in [3.05, 3.63) is 28.8 Å². The van der Waals surface area contributed by atoms with Crippen molar-refractivity contribution >= 4 is 38.6 Å². The Morgan fingerprint density at radius 3 is 2.29 bits per heavy atom. The zero-order valence-corrected chi connectivity index (χ0v) is 8.90. The van der Waals surface area contributed by atoms with Crippen molar-refractivity contribution in [2.75, 3.05) is 0 Å². The van der Waals surface area contributed by atoms with Gasteiger partial charge >= 0.3 is 0 Å². The lowest BCUT2D eigenvalue weighted by Crippen LogP contribution is -2.06. The largest absolute Gasteiger partial charge is 0.296 e. The normalized spacial score (nSPS) is 11.4. The molecule has 0 amide bonds. The second kappa shape index (κ2) is 3.86. The summed E-state index contributed by atoms with van der Waals surface area (Å²) in [5.74, 6) is 0. The van der Waals surface area contributed by atoms with Crippen LogP contribution in [0.25, 0.3) is 0 Å². The molecule has 0 saturated heterocycles. The molecule has 4 nitrogen and oxygen atoms in total. The monoisotopic (exact) mass is 254 g/mol. The summed E-state index contributed by atoms with van der Waals surface area (Å²) in [7, 11) is -4.55. The third-order valence-electron chi connectivity index (χ3n) is 1.44. The fraction of sp³-hybridized carbons (Fsp3) is 0. The van der Waals surface area contributed by atoms with Crippen LogP contribution in [-0.2, 0) is 10.1 Å². The van der Waals surface area contributed by atoms with Crippen LogP contribution in [0.4, 0.5) is 0 Å². The topological polar surface area (TPSA) is 71.4 Å². The van der Waals surface area contributed by atoms with Crippen LogP contribution in [0.3, 0.4) is 0 Å². The summed E-state index contributed by atoms with van der Waals surface area (Å²) in [6.45, 7) is 0. The molecule has 0 saturated carbocycles. The minimum absolute atomic E-state index is 0.251. The fourth-order valence-electron chi connectivity index (χ4n) is 0.926. The van der Waals surface area contributed by atoms with Gasteiger partial charge in [-0.1, -0.05) is 17.7 Å². The third kappa shape index (κ3) is 2.24. The van der Waals surface area contributed by atoms with E-state index in [4.69, 9.17) is 27.8 Å². The van der Waals surface area contributed by atoms with E-state index in [1.54, 1.807) is 0 Å². The Morgan fingerprint density at radius 1 is 1.36 bits per heavy atom. The lowest BCUT2D eigenvalue weighted by atomic mass is 10.2. The van der Waals surface area contributed by atoms with E-state index < -0.39 is 20.3 Å². The van der Waals surface area contributed by atoms with Crippen LogP contribution in [0.2, 0.25) is 5.02 Å². The predicted octanol–water partition coefficient (Wildman–Crippen LogP) is 1.97. The molecule has 14 heavy (non-hydrogen) atoms. The van der Waals surface area contributed by atoms with Gasteiger partial charge in [-0.25, -0.2) is 0 Å². The zero-order valence-electron chi connectivity index (χ0n) is 6.57. The Labute approximate surface area is 90.2 Å².